The normalized spacial score (nSPS) is 27.3. The fourth-order valence-electron chi connectivity index (χ4n) is 7.04. The van der Waals surface area contributed by atoms with Gasteiger partial charge in [0.15, 0.2) is 28.8 Å². The van der Waals surface area contributed by atoms with Gasteiger partial charge in [0.05, 0.1) is 32.8 Å². The number of Topliss-reactive ketones (excluding diaryl/α,β-unsaturated/α-hetero) is 1. The first-order valence-corrected chi connectivity index (χ1v) is 13.7. The predicted octanol–water partition coefficient (Wildman–Crippen LogP) is 4.46. The molecule has 4 atom stereocenters. The molecule has 0 saturated carbocycles. The molecule has 1 N–H and O–H groups in total. The molecule has 4 aliphatic rings. The van der Waals surface area contributed by atoms with Gasteiger partial charge in [-0.25, -0.2) is 0 Å². The second-order valence-corrected chi connectivity index (χ2v) is 11.1. The second kappa shape index (κ2) is 9.93. The maximum Gasteiger partial charge on any atom is 0.166 e. The van der Waals surface area contributed by atoms with Gasteiger partial charge in [-0.2, -0.15) is 0 Å². The Balaban J connectivity index is 1.11. The number of ketones is 1. The van der Waals surface area contributed by atoms with Crippen LogP contribution in [-0.2, 0) is 18.4 Å². The van der Waals surface area contributed by atoms with Crippen LogP contribution < -0.4 is 18.9 Å². The lowest BCUT2D eigenvalue weighted by Crippen LogP contribution is -2.43. The summed E-state index contributed by atoms with van der Waals surface area (Å²) in [5, 5.41) is 10.3. The van der Waals surface area contributed by atoms with Gasteiger partial charge in [0, 0.05) is 30.0 Å². The first kappa shape index (κ1) is 25.3. The highest BCUT2D eigenvalue weighted by molar-refractivity contribution is 6.02. The zero-order valence-corrected chi connectivity index (χ0v) is 22.5. The predicted molar refractivity (Wildman–Crippen MR) is 144 cm³/mol. The minimum absolute atomic E-state index is 0.0345. The Bertz CT molecular complexity index is 1270. The SMILES string of the molecule is COc1cc2c(cc1OC)C(=O)C(CCCCN1CC[C@@]34C=C[C@H](O)C[C@@H]3Oc3c(OC)ccc(c34)C1)C2. The van der Waals surface area contributed by atoms with E-state index in [0.717, 1.165) is 74.4 Å². The van der Waals surface area contributed by atoms with E-state index in [4.69, 9.17) is 18.9 Å². The van der Waals surface area contributed by atoms with Gasteiger partial charge >= 0.3 is 0 Å². The van der Waals surface area contributed by atoms with Gasteiger partial charge in [-0.1, -0.05) is 24.6 Å². The van der Waals surface area contributed by atoms with Crippen LogP contribution in [0.3, 0.4) is 0 Å². The Hall–Kier alpha value is -3.03. The third kappa shape index (κ3) is 4.07. The number of unbranched alkanes of at least 4 members (excludes halogenated alkanes) is 1. The van der Waals surface area contributed by atoms with E-state index in [2.05, 4.69) is 17.0 Å². The van der Waals surface area contributed by atoms with Crippen LogP contribution in [0.4, 0.5) is 0 Å². The lowest BCUT2D eigenvalue weighted by atomic mass is 9.69. The van der Waals surface area contributed by atoms with Crippen LogP contribution in [-0.4, -0.2) is 62.4 Å². The number of methoxy groups -OCH3 is 3. The molecule has 2 aliphatic heterocycles. The summed E-state index contributed by atoms with van der Waals surface area (Å²) in [5.41, 5.74) is 4.16. The van der Waals surface area contributed by atoms with Crippen LogP contribution in [0.2, 0.25) is 0 Å². The van der Waals surface area contributed by atoms with E-state index in [1.165, 1.54) is 11.1 Å². The van der Waals surface area contributed by atoms with Crippen LogP contribution in [0, 0.1) is 5.92 Å². The summed E-state index contributed by atoms with van der Waals surface area (Å²) in [6.07, 6.45) is 8.87. The van der Waals surface area contributed by atoms with Crippen molar-refractivity contribution in [2.45, 2.75) is 62.7 Å². The summed E-state index contributed by atoms with van der Waals surface area (Å²) in [7, 11) is 4.92. The first-order valence-electron chi connectivity index (χ1n) is 13.7. The summed E-state index contributed by atoms with van der Waals surface area (Å²) >= 11 is 0. The monoisotopic (exact) mass is 519 g/mol. The van der Waals surface area contributed by atoms with Gasteiger partial charge in [-0.15, -0.1) is 0 Å². The maximum atomic E-state index is 13.1. The molecule has 2 heterocycles. The van der Waals surface area contributed by atoms with Crippen LogP contribution in [0.15, 0.2) is 36.4 Å². The van der Waals surface area contributed by atoms with Crippen molar-refractivity contribution in [3.63, 3.8) is 0 Å². The number of benzene rings is 2. The standard InChI is InChI=1S/C31H37NO6/c1-35-24-8-7-20-18-32(13-11-31-10-9-22(33)16-27(31)38-30(24)28(20)31)12-5-4-6-19-14-21-15-25(36-2)26(37-3)17-23(21)29(19)34/h7-10,15,17,19,22,27,33H,4-6,11-14,16,18H2,1-3H3/t19?,22-,27-,31-/m0/s1. The second-order valence-electron chi connectivity index (χ2n) is 11.1. The number of fused-ring (bicyclic) bond motifs is 1. The van der Waals surface area contributed by atoms with Crippen molar-refractivity contribution >= 4 is 5.78 Å². The molecule has 38 heavy (non-hydrogen) atoms. The Labute approximate surface area is 224 Å². The van der Waals surface area contributed by atoms with E-state index < -0.39 is 6.10 Å². The van der Waals surface area contributed by atoms with Crippen LogP contribution in [0.25, 0.3) is 0 Å². The number of ether oxygens (including phenoxy) is 4. The van der Waals surface area contributed by atoms with Crippen LogP contribution in [0.1, 0.15) is 59.2 Å². The molecule has 2 aliphatic carbocycles. The van der Waals surface area contributed by atoms with Gasteiger partial charge in [0.2, 0.25) is 0 Å². The van der Waals surface area contributed by atoms with Gasteiger partial charge in [0.25, 0.3) is 0 Å². The molecule has 0 aromatic heterocycles. The maximum absolute atomic E-state index is 13.1. The summed E-state index contributed by atoms with van der Waals surface area (Å²) in [6.45, 7) is 2.82. The lowest BCUT2D eigenvalue weighted by Gasteiger charge is -2.36. The molecule has 0 saturated heterocycles. The summed E-state index contributed by atoms with van der Waals surface area (Å²) in [5.74, 6) is 3.18. The third-order valence-corrected chi connectivity index (χ3v) is 9.02. The molecular weight excluding hydrogens is 482 g/mol. The fourth-order valence-corrected chi connectivity index (χ4v) is 7.04. The smallest absolute Gasteiger partial charge is 0.166 e. The molecule has 0 fully saturated rings. The number of carbonyl (C=O) groups excluding carboxylic acids is 1. The molecule has 0 radical (unpaired) electrons. The number of carbonyl (C=O) groups is 1. The summed E-state index contributed by atoms with van der Waals surface area (Å²) in [6, 6.07) is 7.99. The Morgan fingerprint density at radius 1 is 1.05 bits per heavy atom. The van der Waals surface area contributed by atoms with E-state index in [-0.39, 0.29) is 23.2 Å². The highest BCUT2D eigenvalue weighted by Gasteiger charge is 2.52. The molecule has 1 spiro atoms. The van der Waals surface area contributed by atoms with E-state index in [1.54, 1.807) is 21.3 Å². The Morgan fingerprint density at radius 2 is 1.84 bits per heavy atom. The van der Waals surface area contributed by atoms with Crippen molar-refractivity contribution in [1.82, 2.24) is 4.90 Å². The molecule has 2 aromatic carbocycles. The third-order valence-electron chi connectivity index (χ3n) is 9.02. The lowest BCUT2D eigenvalue weighted by molar-refractivity contribution is 0.0809. The van der Waals surface area contributed by atoms with Gasteiger partial charge in [-0.3, -0.25) is 9.69 Å². The minimum atomic E-state index is -0.472. The number of aliphatic hydroxyl groups excluding tert-OH is 1. The molecule has 0 bridgehead atoms. The molecule has 6 rings (SSSR count). The summed E-state index contributed by atoms with van der Waals surface area (Å²) in [4.78, 5) is 15.6. The summed E-state index contributed by atoms with van der Waals surface area (Å²) < 4.78 is 22.9. The van der Waals surface area contributed by atoms with Gasteiger partial charge < -0.3 is 24.1 Å². The quantitative estimate of drug-likeness (QED) is 0.408. The number of aliphatic hydroxyl groups is 1. The molecule has 1 unspecified atom stereocenters. The number of nitrogens with zero attached hydrogens (tertiary/aromatic N) is 1. The van der Waals surface area contributed by atoms with Crippen LogP contribution in [0.5, 0.6) is 23.0 Å². The molecule has 2 aromatic rings. The average molecular weight is 520 g/mol. The number of hydrogen-bond acceptors (Lipinski definition) is 7. The zero-order chi connectivity index (χ0) is 26.4. The topological polar surface area (TPSA) is 77.5 Å². The van der Waals surface area contributed by atoms with E-state index >= 15 is 0 Å². The molecular formula is C31H37NO6. The zero-order valence-electron chi connectivity index (χ0n) is 22.5. The largest absolute Gasteiger partial charge is 0.493 e. The van der Waals surface area contributed by atoms with Crippen molar-refractivity contribution < 1.29 is 28.8 Å². The molecule has 202 valence electrons. The highest BCUT2D eigenvalue weighted by Crippen LogP contribution is 2.55. The molecule has 0 amide bonds. The van der Waals surface area contributed by atoms with E-state index in [1.807, 2.05) is 24.3 Å². The van der Waals surface area contributed by atoms with Crippen molar-refractivity contribution in [3.05, 3.63) is 58.7 Å². The van der Waals surface area contributed by atoms with E-state index in [9.17, 15) is 9.90 Å². The Kier molecular flexibility index (Phi) is 6.60. The van der Waals surface area contributed by atoms with Crippen molar-refractivity contribution in [1.29, 1.82) is 0 Å². The minimum Gasteiger partial charge on any atom is -0.493 e. The molecule has 7 nitrogen and oxygen atoms in total. The number of rotatable bonds is 8. The molecule has 7 heteroatoms. The highest BCUT2D eigenvalue weighted by atomic mass is 16.5. The fraction of sp³-hybridized carbons (Fsp3) is 0.516. The van der Waals surface area contributed by atoms with Gasteiger partial charge in [0.1, 0.15) is 6.10 Å². The van der Waals surface area contributed by atoms with Crippen molar-refractivity contribution in [2.75, 3.05) is 34.4 Å². The number of hydrogen-bond donors (Lipinski definition) is 1. The van der Waals surface area contributed by atoms with Crippen molar-refractivity contribution in [2.24, 2.45) is 5.92 Å². The average Bonchev–Trinajstić information content (AvgIpc) is 3.36. The first-order chi connectivity index (χ1) is 18.5. The van der Waals surface area contributed by atoms with Crippen molar-refractivity contribution in [3.8, 4) is 23.0 Å². The van der Waals surface area contributed by atoms with Gasteiger partial charge in [-0.05, 0) is 68.1 Å². The van der Waals surface area contributed by atoms with Crippen LogP contribution >= 0.6 is 0 Å². The Morgan fingerprint density at radius 3 is 2.63 bits per heavy atom. The van der Waals surface area contributed by atoms with E-state index in [0.29, 0.717) is 17.9 Å².